The standard InChI is InChI=1S/C9H11N7O2/c17-8(18)9(1-2-9)4-16-7(12-13-14-16)3-15-6-10-5-11-15/h5-6H,1-4H2,(H,17,18). The molecule has 1 saturated carbocycles. The van der Waals surface area contributed by atoms with Crippen molar-refractivity contribution in [3.63, 3.8) is 0 Å². The number of carbonyl (C=O) groups is 1. The molecule has 1 fully saturated rings. The molecule has 9 heteroatoms. The number of tetrazole rings is 1. The van der Waals surface area contributed by atoms with Crippen LogP contribution in [0.15, 0.2) is 12.7 Å². The van der Waals surface area contributed by atoms with Gasteiger partial charge in [-0.05, 0) is 23.3 Å². The van der Waals surface area contributed by atoms with Gasteiger partial charge in [0.1, 0.15) is 19.2 Å². The van der Waals surface area contributed by atoms with Crippen LogP contribution in [0.1, 0.15) is 18.7 Å². The molecule has 0 bridgehead atoms. The number of rotatable bonds is 5. The average molecular weight is 249 g/mol. The summed E-state index contributed by atoms with van der Waals surface area (Å²) in [7, 11) is 0. The van der Waals surface area contributed by atoms with Gasteiger partial charge in [0.25, 0.3) is 0 Å². The second kappa shape index (κ2) is 3.86. The Morgan fingerprint density at radius 2 is 2.33 bits per heavy atom. The van der Waals surface area contributed by atoms with Crippen molar-refractivity contribution in [2.75, 3.05) is 0 Å². The lowest BCUT2D eigenvalue weighted by Gasteiger charge is -2.10. The minimum absolute atomic E-state index is 0.305. The molecule has 18 heavy (non-hydrogen) atoms. The summed E-state index contributed by atoms with van der Waals surface area (Å²) in [5, 5.41) is 24.4. The summed E-state index contributed by atoms with van der Waals surface area (Å²) in [5.41, 5.74) is -0.688. The Balaban J connectivity index is 1.78. The fourth-order valence-electron chi connectivity index (χ4n) is 1.80. The number of carboxylic acids is 1. The van der Waals surface area contributed by atoms with Gasteiger partial charge in [-0.15, -0.1) is 5.10 Å². The first-order valence-corrected chi connectivity index (χ1v) is 5.50. The lowest BCUT2D eigenvalue weighted by molar-refractivity contribution is -0.144. The van der Waals surface area contributed by atoms with Gasteiger partial charge < -0.3 is 5.11 Å². The van der Waals surface area contributed by atoms with Crippen LogP contribution >= 0.6 is 0 Å². The van der Waals surface area contributed by atoms with E-state index in [0.717, 1.165) is 0 Å². The average Bonchev–Trinajstić information content (AvgIpc) is 2.75. The third-order valence-corrected chi connectivity index (χ3v) is 3.14. The Kier molecular flexibility index (Phi) is 2.32. The molecule has 2 heterocycles. The zero-order chi connectivity index (χ0) is 12.6. The van der Waals surface area contributed by atoms with Gasteiger partial charge in [-0.25, -0.2) is 14.3 Å². The lowest BCUT2D eigenvalue weighted by Crippen LogP contribution is -2.24. The Morgan fingerprint density at radius 1 is 1.50 bits per heavy atom. The molecule has 2 aromatic rings. The molecule has 94 valence electrons. The van der Waals surface area contributed by atoms with E-state index in [0.29, 0.717) is 31.8 Å². The van der Waals surface area contributed by atoms with Gasteiger partial charge in [0, 0.05) is 0 Å². The van der Waals surface area contributed by atoms with Crippen LogP contribution in [0.2, 0.25) is 0 Å². The van der Waals surface area contributed by atoms with Gasteiger partial charge in [0.2, 0.25) is 0 Å². The predicted molar refractivity (Wildman–Crippen MR) is 56.2 cm³/mol. The Labute approximate surface area is 101 Å². The van der Waals surface area contributed by atoms with Crippen molar-refractivity contribution in [2.24, 2.45) is 5.41 Å². The van der Waals surface area contributed by atoms with Crippen LogP contribution in [0.5, 0.6) is 0 Å². The van der Waals surface area contributed by atoms with E-state index in [1.807, 2.05) is 0 Å². The second-order valence-corrected chi connectivity index (χ2v) is 4.43. The Bertz CT molecular complexity index is 557. The first kappa shape index (κ1) is 10.8. The molecule has 0 aliphatic heterocycles. The molecule has 0 saturated heterocycles. The van der Waals surface area contributed by atoms with Crippen LogP contribution in [0, 0.1) is 5.41 Å². The van der Waals surface area contributed by atoms with Gasteiger partial charge in [0.05, 0.1) is 12.0 Å². The smallest absolute Gasteiger partial charge is 0.311 e. The largest absolute Gasteiger partial charge is 0.481 e. The molecule has 0 aromatic carbocycles. The number of carboxylic acid groups (broad SMARTS) is 1. The third kappa shape index (κ3) is 1.83. The normalized spacial score (nSPS) is 16.7. The molecule has 0 spiro atoms. The van der Waals surface area contributed by atoms with Gasteiger partial charge in [0.15, 0.2) is 5.82 Å². The minimum Gasteiger partial charge on any atom is -0.481 e. The topological polar surface area (TPSA) is 112 Å². The van der Waals surface area contributed by atoms with Gasteiger partial charge in [-0.3, -0.25) is 4.79 Å². The highest BCUT2D eigenvalue weighted by atomic mass is 16.4. The zero-order valence-electron chi connectivity index (χ0n) is 9.47. The summed E-state index contributed by atoms with van der Waals surface area (Å²) in [6, 6.07) is 0. The molecular formula is C9H11N7O2. The molecule has 9 nitrogen and oxygen atoms in total. The molecule has 1 aliphatic rings. The van der Waals surface area contributed by atoms with Crippen LogP contribution in [0.3, 0.4) is 0 Å². The third-order valence-electron chi connectivity index (χ3n) is 3.14. The van der Waals surface area contributed by atoms with Gasteiger partial charge in [-0.2, -0.15) is 5.10 Å². The maximum Gasteiger partial charge on any atom is 0.311 e. The van der Waals surface area contributed by atoms with Crippen molar-refractivity contribution in [1.82, 2.24) is 35.0 Å². The van der Waals surface area contributed by atoms with E-state index in [1.165, 1.54) is 11.0 Å². The van der Waals surface area contributed by atoms with E-state index in [-0.39, 0.29) is 0 Å². The van der Waals surface area contributed by atoms with Gasteiger partial charge in [-0.1, -0.05) is 0 Å². The first-order valence-electron chi connectivity index (χ1n) is 5.50. The number of hydrogen-bond donors (Lipinski definition) is 1. The SMILES string of the molecule is O=C(O)C1(Cn2nnnc2Cn2cncn2)CC1. The maximum absolute atomic E-state index is 11.1. The van der Waals surface area contributed by atoms with Crippen molar-refractivity contribution in [3.05, 3.63) is 18.5 Å². The number of aliphatic carboxylic acids is 1. The molecule has 0 radical (unpaired) electrons. The Morgan fingerprint density at radius 3 is 2.94 bits per heavy atom. The summed E-state index contributed by atoms with van der Waals surface area (Å²) >= 11 is 0. The monoisotopic (exact) mass is 249 g/mol. The van der Waals surface area contributed by atoms with Gasteiger partial charge >= 0.3 is 5.97 Å². The lowest BCUT2D eigenvalue weighted by atomic mass is 10.1. The van der Waals surface area contributed by atoms with Crippen molar-refractivity contribution < 1.29 is 9.90 Å². The second-order valence-electron chi connectivity index (χ2n) is 4.43. The first-order chi connectivity index (χ1) is 8.70. The summed E-state index contributed by atoms with van der Waals surface area (Å²) in [5.74, 6) is -0.210. The summed E-state index contributed by atoms with van der Waals surface area (Å²) in [6.07, 6.45) is 4.33. The maximum atomic E-state index is 11.1. The van der Waals surface area contributed by atoms with E-state index < -0.39 is 11.4 Å². The molecule has 2 aromatic heterocycles. The van der Waals surface area contributed by atoms with Crippen molar-refractivity contribution in [2.45, 2.75) is 25.9 Å². The molecule has 0 unspecified atom stereocenters. The molecule has 0 amide bonds. The predicted octanol–water partition coefficient (Wildman–Crippen LogP) is -0.822. The molecule has 1 aliphatic carbocycles. The fourth-order valence-corrected chi connectivity index (χ4v) is 1.80. The quantitative estimate of drug-likeness (QED) is 0.736. The van der Waals surface area contributed by atoms with E-state index in [9.17, 15) is 4.79 Å². The van der Waals surface area contributed by atoms with E-state index >= 15 is 0 Å². The van der Waals surface area contributed by atoms with Crippen LogP contribution in [0.25, 0.3) is 0 Å². The zero-order valence-corrected chi connectivity index (χ0v) is 9.47. The highest BCUT2D eigenvalue weighted by Crippen LogP contribution is 2.47. The minimum atomic E-state index is -0.787. The molecular weight excluding hydrogens is 238 g/mol. The number of hydrogen-bond acceptors (Lipinski definition) is 6. The molecule has 3 rings (SSSR count). The van der Waals surface area contributed by atoms with Crippen LogP contribution < -0.4 is 0 Å². The summed E-state index contributed by atoms with van der Waals surface area (Å²) in [4.78, 5) is 15.0. The van der Waals surface area contributed by atoms with E-state index in [1.54, 1.807) is 11.0 Å². The van der Waals surface area contributed by atoms with Crippen LogP contribution in [-0.2, 0) is 17.9 Å². The van der Waals surface area contributed by atoms with Crippen LogP contribution in [-0.4, -0.2) is 46.0 Å². The molecule has 0 atom stereocenters. The highest BCUT2D eigenvalue weighted by molar-refractivity contribution is 5.77. The number of aromatic nitrogens is 7. The highest BCUT2D eigenvalue weighted by Gasteiger charge is 2.51. The van der Waals surface area contributed by atoms with Crippen LogP contribution in [0.4, 0.5) is 0 Å². The van der Waals surface area contributed by atoms with Crippen molar-refractivity contribution in [1.29, 1.82) is 0 Å². The number of nitrogens with zero attached hydrogens (tertiary/aromatic N) is 7. The molecule has 1 N–H and O–H groups in total. The fraction of sp³-hybridized carbons (Fsp3) is 0.556. The van der Waals surface area contributed by atoms with E-state index in [4.69, 9.17) is 5.11 Å². The Hall–Kier alpha value is -2.32. The summed E-state index contributed by atoms with van der Waals surface area (Å²) in [6.45, 7) is 0.683. The van der Waals surface area contributed by atoms with E-state index in [2.05, 4.69) is 25.6 Å². The van der Waals surface area contributed by atoms with Crippen molar-refractivity contribution in [3.8, 4) is 0 Å². The van der Waals surface area contributed by atoms with Crippen molar-refractivity contribution >= 4 is 5.97 Å². The summed E-state index contributed by atoms with van der Waals surface area (Å²) < 4.78 is 3.12.